The number of carbonyl (C=O) groups excluding carboxylic acids is 1. The van der Waals surface area contributed by atoms with Gasteiger partial charge in [-0.2, -0.15) is 10.2 Å². The zero-order valence-electron chi connectivity index (χ0n) is 13.8. The maximum atomic E-state index is 12.0. The predicted molar refractivity (Wildman–Crippen MR) is 94.7 cm³/mol. The summed E-state index contributed by atoms with van der Waals surface area (Å²) >= 11 is 5.90. The summed E-state index contributed by atoms with van der Waals surface area (Å²) in [5, 5.41) is 8.12. The highest BCUT2D eigenvalue weighted by atomic mass is 35.5. The smallest absolute Gasteiger partial charge is 0.291 e. The zero-order chi connectivity index (χ0) is 17.4. The van der Waals surface area contributed by atoms with Gasteiger partial charge in [0.05, 0.1) is 24.0 Å². The molecule has 1 aromatic heterocycles. The van der Waals surface area contributed by atoms with E-state index in [9.17, 15) is 4.79 Å². The first-order chi connectivity index (χ1) is 11.6. The molecule has 6 nitrogen and oxygen atoms in total. The van der Waals surface area contributed by atoms with Crippen LogP contribution in [0.25, 0.3) is 0 Å². The van der Waals surface area contributed by atoms with Gasteiger partial charge in [-0.3, -0.25) is 9.48 Å². The second-order valence-corrected chi connectivity index (χ2v) is 5.70. The van der Waals surface area contributed by atoms with Crippen LogP contribution in [-0.2, 0) is 7.05 Å². The fraction of sp³-hybridized carbons (Fsp3) is 0.353. The Hall–Kier alpha value is -2.34. The van der Waals surface area contributed by atoms with E-state index in [-0.39, 0.29) is 10.7 Å². The van der Waals surface area contributed by atoms with Crippen LogP contribution in [0.15, 0.2) is 35.6 Å². The van der Waals surface area contributed by atoms with Crippen LogP contribution in [0.5, 0.6) is 5.75 Å². The minimum Gasteiger partial charge on any atom is -0.494 e. The molecular formula is C17H21ClN4O2. The third kappa shape index (κ3) is 5.09. The Morgan fingerprint density at radius 2 is 2.12 bits per heavy atom. The second kappa shape index (κ2) is 9.08. The molecule has 0 unspecified atom stereocenters. The number of aromatic nitrogens is 2. The summed E-state index contributed by atoms with van der Waals surface area (Å²) in [6.45, 7) is 2.89. The molecule has 0 aliphatic carbocycles. The maximum Gasteiger partial charge on any atom is 0.291 e. The van der Waals surface area contributed by atoms with Crippen molar-refractivity contribution in [1.82, 2.24) is 15.2 Å². The summed E-state index contributed by atoms with van der Waals surface area (Å²) in [7, 11) is 1.64. The molecule has 0 fully saturated rings. The molecule has 0 radical (unpaired) electrons. The van der Waals surface area contributed by atoms with Crippen LogP contribution in [0.2, 0.25) is 5.02 Å². The largest absolute Gasteiger partial charge is 0.494 e. The third-order valence-corrected chi connectivity index (χ3v) is 3.66. The molecule has 0 spiro atoms. The van der Waals surface area contributed by atoms with Crippen molar-refractivity contribution in [3.05, 3.63) is 46.7 Å². The molecule has 0 bridgehead atoms. The number of hydrazone groups is 1. The number of rotatable bonds is 8. The number of halogens is 1. The van der Waals surface area contributed by atoms with Crippen molar-refractivity contribution in [2.45, 2.75) is 26.2 Å². The minimum absolute atomic E-state index is 0.268. The van der Waals surface area contributed by atoms with E-state index < -0.39 is 5.91 Å². The molecular weight excluding hydrogens is 328 g/mol. The summed E-state index contributed by atoms with van der Waals surface area (Å²) in [5.41, 5.74) is 3.55. The number of carbonyl (C=O) groups is 1. The van der Waals surface area contributed by atoms with Gasteiger partial charge in [0.25, 0.3) is 5.91 Å². The van der Waals surface area contributed by atoms with Gasteiger partial charge in [0, 0.05) is 7.05 Å². The van der Waals surface area contributed by atoms with Crippen LogP contribution in [-0.4, -0.2) is 28.5 Å². The van der Waals surface area contributed by atoms with E-state index in [1.165, 1.54) is 23.7 Å². The van der Waals surface area contributed by atoms with Gasteiger partial charge in [-0.1, -0.05) is 31.4 Å². The monoisotopic (exact) mass is 348 g/mol. The van der Waals surface area contributed by atoms with Gasteiger partial charge in [0.1, 0.15) is 11.4 Å². The number of nitrogens with one attached hydrogen (secondary N) is 1. The number of ether oxygens (including phenoxy) is 1. The number of hydrogen-bond acceptors (Lipinski definition) is 4. The Kier molecular flexibility index (Phi) is 6.81. The van der Waals surface area contributed by atoms with Gasteiger partial charge in [-0.25, -0.2) is 5.43 Å². The number of nitrogens with zero attached hydrogens (tertiary/aromatic N) is 3. The van der Waals surface area contributed by atoms with Crippen LogP contribution in [0, 0.1) is 0 Å². The van der Waals surface area contributed by atoms with Crippen molar-refractivity contribution in [3.8, 4) is 5.75 Å². The molecule has 1 amide bonds. The van der Waals surface area contributed by atoms with Crippen molar-refractivity contribution in [3.63, 3.8) is 0 Å². The molecule has 2 rings (SSSR count). The standard InChI is InChI=1S/C17H21ClN4O2/c1-3-4-5-10-24-14-8-6-13(7-9-14)11-19-21-17(23)16-15(18)12-20-22(16)2/h6-9,11-12H,3-5,10H2,1-2H3,(H,21,23)/b19-11-. The number of hydrogen-bond donors (Lipinski definition) is 1. The molecule has 7 heteroatoms. The molecule has 1 aromatic carbocycles. The van der Waals surface area contributed by atoms with Crippen molar-refractivity contribution in [2.75, 3.05) is 6.61 Å². The number of unbranched alkanes of at least 4 members (excludes halogenated alkanes) is 2. The molecule has 0 saturated heterocycles. The van der Waals surface area contributed by atoms with Gasteiger partial charge in [0.15, 0.2) is 0 Å². The molecule has 24 heavy (non-hydrogen) atoms. The SMILES string of the molecule is CCCCCOc1ccc(/C=N\NC(=O)c2c(Cl)cnn2C)cc1. The molecule has 1 heterocycles. The van der Waals surface area contributed by atoms with Crippen LogP contribution >= 0.6 is 11.6 Å². The van der Waals surface area contributed by atoms with Gasteiger partial charge >= 0.3 is 0 Å². The molecule has 128 valence electrons. The molecule has 2 aromatic rings. The predicted octanol–water partition coefficient (Wildman–Crippen LogP) is 3.41. The maximum absolute atomic E-state index is 12.0. The number of amides is 1. The normalized spacial score (nSPS) is 11.0. The van der Waals surface area contributed by atoms with Crippen molar-refractivity contribution in [1.29, 1.82) is 0 Å². The van der Waals surface area contributed by atoms with E-state index in [1.54, 1.807) is 13.3 Å². The molecule has 0 aliphatic heterocycles. The minimum atomic E-state index is -0.410. The fourth-order valence-corrected chi connectivity index (χ4v) is 2.33. The Labute approximate surface area is 146 Å². The first-order valence-electron chi connectivity index (χ1n) is 7.85. The lowest BCUT2D eigenvalue weighted by molar-refractivity contribution is 0.0946. The van der Waals surface area contributed by atoms with E-state index in [4.69, 9.17) is 16.3 Å². The highest BCUT2D eigenvalue weighted by molar-refractivity contribution is 6.33. The zero-order valence-corrected chi connectivity index (χ0v) is 14.6. The molecule has 0 atom stereocenters. The lowest BCUT2D eigenvalue weighted by Gasteiger charge is -2.05. The van der Waals surface area contributed by atoms with E-state index in [2.05, 4.69) is 22.5 Å². The van der Waals surface area contributed by atoms with Gasteiger partial charge in [-0.15, -0.1) is 0 Å². The third-order valence-electron chi connectivity index (χ3n) is 3.39. The van der Waals surface area contributed by atoms with E-state index in [0.717, 1.165) is 24.3 Å². The highest BCUT2D eigenvalue weighted by Crippen LogP contribution is 2.14. The van der Waals surface area contributed by atoms with Gasteiger partial charge in [0.2, 0.25) is 0 Å². The van der Waals surface area contributed by atoms with Gasteiger partial charge in [-0.05, 0) is 36.2 Å². The summed E-state index contributed by atoms with van der Waals surface area (Å²) in [4.78, 5) is 12.0. The molecule has 1 N–H and O–H groups in total. The molecule has 0 saturated carbocycles. The summed E-state index contributed by atoms with van der Waals surface area (Å²) in [5.74, 6) is 0.418. The Bertz CT molecular complexity index is 676. The van der Waals surface area contributed by atoms with E-state index in [0.29, 0.717) is 0 Å². The average Bonchev–Trinajstić information content (AvgIpc) is 2.91. The first kappa shape index (κ1) is 18.0. The van der Waals surface area contributed by atoms with Crippen molar-refractivity contribution >= 4 is 23.7 Å². The summed E-state index contributed by atoms with van der Waals surface area (Å²) < 4.78 is 7.04. The van der Waals surface area contributed by atoms with Crippen LogP contribution < -0.4 is 10.2 Å². The first-order valence-corrected chi connectivity index (χ1v) is 8.23. The van der Waals surface area contributed by atoms with Crippen LogP contribution in [0.3, 0.4) is 0 Å². The lowest BCUT2D eigenvalue weighted by Crippen LogP contribution is -2.21. The van der Waals surface area contributed by atoms with Gasteiger partial charge < -0.3 is 4.74 Å². The Morgan fingerprint density at radius 3 is 2.75 bits per heavy atom. The quantitative estimate of drug-likeness (QED) is 0.451. The number of aryl methyl sites for hydroxylation is 1. The Balaban J connectivity index is 1.85. The fourth-order valence-electron chi connectivity index (χ4n) is 2.08. The van der Waals surface area contributed by atoms with Crippen LogP contribution in [0.4, 0.5) is 0 Å². The topological polar surface area (TPSA) is 68.5 Å². The lowest BCUT2D eigenvalue weighted by atomic mass is 10.2. The second-order valence-electron chi connectivity index (χ2n) is 5.29. The van der Waals surface area contributed by atoms with E-state index >= 15 is 0 Å². The molecule has 0 aliphatic rings. The summed E-state index contributed by atoms with van der Waals surface area (Å²) in [6, 6.07) is 7.52. The highest BCUT2D eigenvalue weighted by Gasteiger charge is 2.14. The van der Waals surface area contributed by atoms with Crippen molar-refractivity contribution < 1.29 is 9.53 Å². The Morgan fingerprint density at radius 1 is 1.38 bits per heavy atom. The van der Waals surface area contributed by atoms with Crippen LogP contribution in [0.1, 0.15) is 42.2 Å². The average molecular weight is 349 g/mol. The van der Waals surface area contributed by atoms with E-state index in [1.807, 2.05) is 24.3 Å². The summed E-state index contributed by atoms with van der Waals surface area (Å²) in [6.07, 6.45) is 6.38. The number of benzene rings is 1. The van der Waals surface area contributed by atoms with Crippen molar-refractivity contribution in [2.24, 2.45) is 12.1 Å².